The molecule has 0 saturated heterocycles. The zero-order chi connectivity index (χ0) is 17.8. The van der Waals surface area contributed by atoms with Crippen LogP contribution in [0.25, 0.3) is 10.9 Å². The van der Waals surface area contributed by atoms with Crippen molar-refractivity contribution < 1.29 is 14.3 Å². The zero-order valence-electron chi connectivity index (χ0n) is 14.5. The molecule has 0 amide bonds. The van der Waals surface area contributed by atoms with Gasteiger partial charge in [-0.2, -0.15) is 0 Å². The molecule has 1 heterocycles. The summed E-state index contributed by atoms with van der Waals surface area (Å²) in [4.78, 5) is 16.6. The zero-order valence-corrected chi connectivity index (χ0v) is 14.5. The molecule has 1 N–H and O–H groups in total. The number of methoxy groups -OCH3 is 1. The highest BCUT2D eigenvalue weighted by molar-refractivity contribution is 6.00. The first-order chi connectivity index (χ1) is 12.1. The van der Waals surface area contributed by atoms with Crippen molar-refractivity contribution >= 4 is 28.2 Å². The third-order valence-electron chi connectivity index (χ3n) is 3.82. The molecule has 0 aliphatic rings. The number of rotatable bonds is 5. The number of aromatic nitrogens is 1. The number of nitrogens with zero attached hydrogens (tertiary/aromatic N) is 1. The molecule has 5 heteroatoms. The maximum atomic E-state index is 12.0. The van der Waals surface area contributed by atoms with Crippen molar-refractivity contribution in [2.24, 2.45) is 0 Å². The van der Waals surface area contributed by atoms with Gasteiger partial charge in [0, 0.05) is 16.8 Å². The fourth-order valence-corrected chi connectivity index (χ4v) is 2.70. The molecule has 0 fully saturated rings. The topological polar surface area (TPSA) is 60.5 Å². The first-order valence-electron chi connectivity index (χ1n) is 8.11. The highest BCUT2D eigenvalue weighted by Crippen LogP contribution is 2.31. The van der Waals surface area contributed by atoms with Crippen molar-refractivity contribution in [3.63, 3.8) is 0 Å². The summed E-state index contributed by atoms with van der Waals surface area (Å²) < 4.78 is 10.5. The van der Waals surface area contributed by atoms with Gasteiger partial charge in [0.15, 0.2) is 0 Å². The smallest absolute Gasteiger partial charge is 0.338 e. The largest absolute Gasteiger partial charge is 0.495 e. The normalized spacial score (nSPS) is 10.5. The molecule has 25 heavy (non-hydrogen) atoms. The molecule has 3 rings (SSSR count). The minimum atomic E-state index is -0.340. The van der Waals surface area contributed by atoms with Gasteiger partial charge in [0.1, 0.15) is 5.75 Å². The summed E-state index contributed by atoms with van der Waals surface area (Å²) in [7, 11) is 1.63. The number of aryl methyl sites for hydroxylation is 1. The average molecular weight is 336 g/mol. The van der Waals surface area contributed by atoms with Gasteiger partial charge in [0.2, 0.25) is 0 Å². The monoisotopic (exact) mass is 336 g/mol. The van der Waals surface area contributed by atoms with Gasteiger partial charge >= 0.3 is 5.97 Å². The number of pyridine rings is 1. The average Bonchev–Trinajstić information content (AvgIpc) is 2.62. The molecule has 1 aromatic heterocycles. The van der Waals surface area contributed by atoms with Gasteiger partial charge in [-0.1, -0.05) is 12.1 Å². The van der Waals surface area contributed by atoms with Crippen LogP contribution in [0.5, 0.6) is 5.75 Å². The number of carbonyl (C=O) groups is 1. The van der Waals surface area contributed by atoms with Crippen molar-refractivity contribution in [2.45, 2.75) is 13.8 Å². The van der Waals surface area contributed by atoms with Gasteiger partial charge in [-0.3, -0.25) is 4.98 Å². The minimum absolute atomic E-state index is 0.340. The highest BCUT2D eigenvalue weighted by atomic mass is 16.5. The predicted octanol–water partition coefficient (Wildman–Crippen LogP) is 4.47. The molecule has 128 valence electrons. The summed E-state index contributed by atoms with van der Waals surface area (Å²) in [6.45, 7) is 4.07. The Morgan fingerprint density at radius 3 is 2.68 bits per heavy atom. The van der Waals surface area contributed by atoms with Crippen LogP contribution >= 0.6 is 0 Å². The third kappa shape index (κ3) is 3.55. The van der Waals surface area contributed by atoms with Gasteiger partial charge in [-0.25, -0.2) is 4.79 Å². The van der Waals surface area contributed by atoms with E-state index in [1.165, 1.54) is 0 Å². The third-order valence-corrected chi connectivity index (χ3v) is 3.82. The van der Waals surface area contributed by atoms with Crippen LogP contribution in [0.2, 0.25) is 0 Å². The summed E-state index contributed by atoms with van der Waals surface area (Å²) in [5.41, 5.74) is 3.90. The highest BCUT2D eigenvalue weighted by Gasteiger charge is 2.12. The van der Waals surface area contributed by atoms with Gasteiger partial charge < -0.3 is 14.8 Å². The summed E-state index contributed by atoms with van der Waals surface area (Å²) in [5.74, 6) is 0.403. The second kappa shape index (κ2) is 7.21. The van der Waals surface area contributed by atoms with Gasteiger partial charge in [-0.15, -0.1) is 0 Å². The fraction of sp³-hybridized carbons (Fsp3) is 0.200. The standard InChI is InChI=1S/C20H20N2O3/c1-4-25-20(23)14-9-10-16-15(12-14)18(11-13(2)21-16)22-17-7-5-6-8-19(17)24-3/h5-12H,4H2,1-3H3,(H,21,22). The van der Waals surface area contributed by atoms with Crippen LogP contribution < -0.4 is 10.1 Å². The Morgan fingerprint density at radius 1 is 1.12 bits per heavy atom. The molecule has 0 bridgehead atoms. The number of hydrogen-bond acceptors (Lipinski definition) is 5. The first-order valence-corrected chi connectivity index (χ1v) is 8.11. The van der Waals surface area contributed by atoms with Crippen LogP contribution in [-0.2, 0) is 4.74 Å². The number of anilines is 2. The maximum absolute atomic E-state index is 12.0. The quantitative estimate of drug-likeness (QED) is 0.697. The Kier molecular flexibility index (Phi) is 4.84. The molecule has 0 spiro atoms. The Labute approximate surface area is 146 Å². The van der Waals surface area contributed by atoms with Crippen molar-refractivity contribution in [3.05, 3.63) is 59.8 Å². The lowest BCUT2D eigenvalue weighted by atomic mass is 10.1. The van der Waals surface area contributed by atoms with Crippen LogP contribution in [0, 0.1) is 6.92 Å². The van der Waals surface area contributed by atoms with E-state index in [4.69, 9.17) is 9.47 Å². The molecule has 2 aromatic carbocycles. The lowest BCUT2D eigenvalue weighted by molar-refractivity contribution is 0.0526. The number of esters is 1. The summed E-state index contributed by atoms with van der Waals surface area (Å²) in [6, 6.07) is 15.0. The number of benzene rings is 2. The Balaban J connectivity index is 2.09. The van der Waals surface area contributed by atoms with Crippen molar-refractivity contribution in [1.29, 1.82) is 0 Å². The molecule has 0 unspecified atom stereocenters. The molecule has 0 atom stereocenters. The van der Waals surface area contributed by atoms with Crippen molar-refractivity contribution in [1.82, 2.24) is 4.98 Å². The van der Waals surface area contributed by atoms with E-state index in [0.717, 1.165) is 33.7 Å². The minimum Gasteiger partial charge on any atom is -0.495 e. The number of ether oxygens (including phenoxy) is 2. The molecule has 0 aliphatic carbocycles. The Bertz CT molecular complexity index is 922. The van der Waals surface area contributed by atoms with Gasteiger partial charge in [-0.05, 0) is 50.2 Å². The van der Waals surface area contributed by atoms with E-state index in [9.17, 15) is 4.79 Å². The van der Waals surface area contributed by atoms with E-state index in [1.54, 1.807) is 26.2 Å². The first kappa shape index (κ1) is 16.8. The number of para-hydroxylation sites is 2. The number of hydrogen-bond donors (Lipinski definition) is 1. The van der Waals surface area contributed by atoms with E-state index in [0.29, 0.717) is 12.2 Å². The molecule has 0 saturated carbocycles. The van der Waals surface area contributed by atoms with Crippen molar-refractivity contribution in [3.8, 4) is 5.75 Å². The lowest BCUT2D eigenvalue weighted by Gasteiger charge is -2.14. The lowest BCUT2D eigenvalue weighted by Crippen LogP contribution is -2.05. The number of fused-ring (bicyclic) bond motifs is 1. The molecular weight excluding hydrogens is 316 g/mol. The SMILES string of the molecule is CCOC(=O)c1ccc2nc(C)cc(Nc3ccccc3OC)c2c1. The second-order valence-electron chi connectivity index (χ2n) is 5.59. The number of carbonyl (C=O) groups excluding carboxylic acids is 1. The van der Waals surface area contributed by atoms with Crippen LogP contribution in [-0.4, -0.2) is 24.7 Å². The van der Waals surface area contributed by atoms with Crippen LogP contribution in [0.4, 0.5) is 11.4 Å². The predicted molar refractivity (Wildman–Crippen MR) is 98.7 cm³/mol. The van der Waals surface area contributed by atoms with E-state index < -0.39 is 0 Å². The second-order valence-corrected chi connectivity index (χ2v) is 5.59. The van der Waals surface area contributed by atoms with E-state index >= 15 is 0 Å². The molecular formula is C20H20N2O3. The van der Waals surface area contributed by atoms with Crippen molar-refractivity contribution in [2.75, 3.05) is 19.0 Å². The van der Waals surface area contributed by atoms with Crippen LogP contribution in [0.15, 0.2) is 48.5 Å². The van der Waals surface area contributed by atoms with Gasteiger partial charge in [0.05, 0.1) is 30.5 Å². The van der Waals surface area contributed by atoms with Crippen LogP contribution in [0.1, 0.15) is 23.0 Å². The molecule has 0 aliphatic heterocycles. The number of nitrogens with one attached hydrogen (secondary N) is 1. The summed E-state index contributed by atoms with van der Waals surface area (Å²) in [5, 5.41) is 4.24. The van der Waals surface area contributed by atoms with Crippen LogP contribution in [0.3, 0.4) is 0 Å². The maximum Gasteiger partial charge on any atom is 0.338 e. The summed E-state index contributed by atoms with van der Waals surface area (Å²) >= 11 is 0. The van der Waals surface area contributed by atoms with E-state index in [1.807, 2.05) is 43.3 Å². The fourth-order valence-electron chi connectivity index (χ4n) is 2.70. The molecule has 3 aromatic rings. The molecule has 0 radical (unpaired) electrons. The van der Waals surface area contributed by atoms with E-state index in [-0.39, 0.29) is 5.97 Å². The Morgan fingerprint density at radius 2 is 1.92 bits per heavy atom. The Hall–Kier alpha value is -3.08. The molecule has 5 nitrogen and oxygen atoms in total. The summed E-state index contributed by atoms with van der Waals surface area (Å²) in [6.07, 6.45) is 0. The van der Waals surface area contributed by atoms with Gasteiger partial charge in [0.25, 0.3) is 0 Å². The van der Waals surface area contributed by atoms with E-state index in [2.05, 4.69) is 10.3 Å².